The summed E-state index contributed by atoms with van der Waals surface area (Å²) in [6.07, 6.45) is 19.8. The molecule has 0 aliphatic carbocycles. The highest BCUT2D eigenvalue weighted by atomic mass is 17.1. The van der Waals surface area contributed by atoms with Crippen LogP contribution in [0.25, 0.3) is 0 Å². The van der Waals surface area contributed by atoms with Crippen LogP contribution in [0.5, 0.6) is 0 Å². The number of carboxylic acids is 1. The molecule has 0 heterocycles. The van der Waals surface area contributed by atoms with Crippen molar-refractivity contribution < 1.29 is 20.0 Å². The fraction of sp³-hybridized carbons (Fsp3) is 0.611. The predicted octanol–water partition coefficient (Wildman–Crippen LogP) is 5.13. The SMILES string of the molecule is CCCCC[C@H](CCCCCC=CC=CC=CC(=O)O)OO. The average molecular weight is 310 g/mol. The molecule has 0 aliphatic rings. The van der Waals surface area contributed by atoms with E-state index in [0.717, 1.165) is 51.0 Å². The van der Waals surface area contributed by atoms with Crippen molar-refractivity contribution in [3.63, 3.8) is 0 Å². The number of unbranched alkanes of at least 4 members (excludes halogenated alkanes) is 5. The molecule has 0 fully saturated rings. The normalized spacial score (nSPS) is 13.5. The second-order valence-electron chi connectivity index (χ2n) is 5.37. The molecule has 126 valence electrons. The zero-order chi connectivity index (χ0) is 16.5. The van der Waals surface area contributed by atoms with Gasteiger partial charge in [-0.15, -0.1) is 0 Å². The standard InChI is InChI=1S/C18H30O4/c1-2-3-11-14-17(22-21)15-12-9-7-5-4-6-8-10-13-16-18(19)20/h4,6,8,10,13,16-17,21H,2-3,5,7,9,11-12,14-15H2,1H3,(H,19,20)/t17-/m1/s1. The minimum Gasteiger partial charge on any atom is -0.478 e. The van der Waals surface area contributed by atoms with E-state index in [9.17, 15) is 4.79 Å². The van der Waals surface area contributed by atoms with E-state index in [1.807, 2.05) is 12.2 Å². The van der Waals surface area contributed by atoms with Crippen molar-refractivity contribution in [1.82, 2.24) is 0 Å². The molecule has 0 aromatic carbocycles. The lowest BCUT2D eigenvalue weighted by Gasteiger charge is -2.12. The van der Waals surface area contributed by atoms with E-state index in [2.05, 4.69) is 17.9 Å². The van der Waals surface area contributed by atoms with Gasteiger partial charge >= 0.3 is 5.97 Å². The van der Waals surface area contributed by atoms with Gasteiger partial charge in [0.25, 0.3) is 0 Å². The monoisotopic (exact) mass is 310 g/mol. The van der Waals surface area contributed by atoms with Gasteiger partial charge in [-0.3, -0.25) is 5.26 Å². The maximum Gasteiger partial charge on any atom is 0.328 e. The van der Waals surface area contributed by atoms with Gasteiger partial charge in [0.15, 0.2) is 0 Å². The summed E-state index contributed by atoms with van der Waals surface area (Å²) < 4.78 is 0. The average Bonchev–Trinajstić information content (AvgIpc) is 2.50. The number of hydrogen-bond acceptors (Lipinski definition) is 3. The van der Waals surface area contributed by atoms with Crippen molar-refractivity contribution in [2.75, 3.05) is 0 Å². The first-order chi connectivity index (χ1) is 10.7. The number of rotatable bonds is 14. The van der Waals surface area contributed by atoms with Gasteiger partial charge in [0.1, 0.15) is 0 Å². The predicted molar refractivity (Wildman–Crippen MR) is 89.8 cm³/mol. The first kappa shape index (κ1) is 20.6. The van der Waals surface area contributed by atoms with E-state index in [1.165, 1.54) is 18.9 Å². The smallest absolute Gasteiger partial charge is 0.328 e. The third kappa shape index (κ3) is 15.0. The number of carbonyl (C=O) groups is 1. The zero-order valence-electron chi connectivity index (χ0n) is 13.6. The summed E-state index contributed by atoms with van der Waals surface area (Å²) >= 11 is 0. The molecule has 0 aromatic heterocycles. The first-order valence-corrected chi connectivity index (χ1v) is 8.23. The highest BCUT2D eigenvalue weighted by molar-refractivity contribution is 5.80. The van der Waals surface area contributed by atoms with Crippen LogP contribution in [0.15, 0.2) is 36.5 Å². The van der Waals surface area contributed by atoms with E-state index in [1.54, 1.807) is 6.08 Å². The summed E-state index contributed by atoms with van der Waals surface area (Å²) in [6.45, 7) is 2.17. The molecule has 0 saturated heterocycles. The Labute approximate surface area is 134 Å². The molecule has 22 heavy (non-hydrogen) atoms. The highest BCUT2D eigenvalue weighted by Crippen LogP contribution is 2.14. The molecule has 0 spiro atoms. The fourth-order valence-corrected chi connectivity index (χ4v) is 2.12. The molecule has 0 rings (SSSR count). The van der Waals surface area contributed by atoms with Gasteiger partial charge in [-0.25, -0.2) is 9.68 Å². The van der Waals surface area contributed by atoms with Crippen LogP contribution >= 0.6 is 0 Å². The summed E-state index contributed by atoms with van der Waals surface area (Å²) in [6, 6.07) is 0. The van der Waals surface area contributed by atoms with Crippen LogP contribution in [0, 0.1) is 0 Å². The molecule has 0 amide bonds. The summed E-state index contributed by atoms with van der Waals surface area (Å²) in [5, 5.41) is 17.2. The lowest BCUT2D eigenvalue weighted by Crippen LogP contribution is -2.10. The van der Waals surface area contributed by atoms with Gasteiger partial charge in [0.2, 0.25) is 0 Å². The molecule has 0 saturated carbocycles. The van der Waals surface area contributed by atoms with E-state index in [0.29, 0.717) is 0 Å². The van der Waals surface area contributed by atoms with Gasteiger partial charge in [-0.1, -0.05) is 69.4 Å². The Hall–Kier alpha value is -1.39. The Morgan fingerprint density at radius 2 is 1.68 bits per heavy atom. The Kier molecular flexibility index (Phi) is 15.0. The van der Waals surface area contributed by atoms with Crippen molar-refractivity contribution >= 4 is 5.97 Å². The molecular weight excluding hydrogens is 280 g/mol. The Bertz CT molecular complexity index is 345. The van der Waals surface area contributed by atoms with E-state index < -0.39 is 5.97 Å². The Morgan fingerprint density at radius 3 is 2.32 bits per heavy atom. The lowest BCUT2D eigenvalue weighted by molar-refractivity contribution is -0.281. The maximum atomic E-state index is 10.2. The van der Waals surface area contributed by atoms with E-state index in [4.69, 9.17) is 10.4 Å². The number of allylic oxidation sites excluding steroid dienone is 5. The van der Waals surface area contributed by atoms with Crippen molar-refractivity contribution in [1.29, 1.82) is 0 Å². The maximum absolute atomic E-state index is 10.2. The summed E-state index contributed by atoms with van der Waals surface area (Å²) in [7, 11) is 0. The second-order valence-corrected chi connectivity index (χ2v) is 5.37. The molecule has 0 radical (unpaired) electrons. The van der Waals surface area contributed by atoms with Crippen LogP contribution in [0.3, 0.4) is 0 Å². The summed E-state index contributed by atoms with van der Waals surface area (Å²) in [5.41, 5.74) is 0. The van der Waals surface area contributed by atoms with Crippen molar-refractivity contribution in [2.24, 2.45) is 0 Å². The van der Waals surface area contributed by atoms with E-state index >= 15 is 0 Å². The van der Waals surface area contributed by atoms with Crippen LogP contribution in [-0.4, -0.2) is 22.4 Å². The Balaban J connectivity index is 3.53. The van der Waals surface area contributed by atoms with Crippen LogP contribution in [-0.2, 0) is 9.68 Å². The van der Waals surface area contributed by atoms with Gasteiger partial charge in [0.05, 0.1) is 6.10 Å². The molecule has 0 aromatic rings. The molecule has 0 aliphatic heterocycles. The highest BCUT2D eigenvalue weighted by Gasteiger charge is 2.07. The minimum absolute atomic E-state index is 0.00829. The van der Waals surface area contributed by atoms with Crippen molar-refractivity contribution in [3.8, 4) is 0 Å². The molecule has 4 nitrogen and oxygen atoms in total. The quantitative estimate of drug-likeness (QED) is 0.153. The Morgan fingerprint density at radius 1 is 1.00 bits per heavy atom. The van der Waals surface area contributed by atoms with Gasteiger partial charge in [0, 0.05) is 6.08 Å². The lowest BCUT2D eigenvalue weighted by atomic mass is 10.0. The van der Waals surface area contributed by atoms with Crippen LogP contribution < -0.4 is 0 Å². The third-order valence-electron chi connectivity index (χ3n) is 3.38. The second kappa shape index (κ2) is 16.0. The first-order valence-electron chi connectivity index (χ1n) is 8.23. The molecule has 4 heteroatoms. The largest absolute Gasteiger partial charge is 0.478 e. The minimum atomic E-state index is -0.937. The number of hydrogen-bond donors (Lipinski definition) is 2. The molecular formula is C18H30O4. The van der Waals surface area contributed by atoms with E-state index in [-0.39, 0.29) is 6.10 Å². The topological polar surface area (TPSA) is 66.8 Å². The number of aliphatic carboxylic acids is 1. The molecule has 2 N–H and O–H groups in total. The zero-order valence-corrected chi connectivity index (χ0v) is 13.6. The van der Waals surface area contributed by atoms with Gasteiger partial charge in [-0.2, -0.15) is 0 Å². The molecule has 0 unspecified atom stereocenters. The number of carboxylic acid groups (broad SMARTS) is 1. The van der Waals surface area contributed by atoms with Crippen LogP contribution in [0.1, 0.15) is 64.7 Å². The van der Waals surface area contributed by atoms with Gasteiger partial charge in [-0.05, 0) is 25.7 Å². The van der Waals surface area contributed by atoms with Gasteiger partial charge < -0.3 is 5.11 Å². The van der Waals surface area contributed by atoms with Crippen LogP contribution in [0.4, 0.5) is 0 Å². The third-order valence-corrected chi connectivity index (χ3v) is 3.38. The fourth-order valence-electron chi connectivity index (χ4n) is 2.12. The molecule has 1 atom stereocenters. The summed E-state index contributed by atoms with van der Waals surface area (Å²) in [4.78, 5) is 14.7. The molecule has 0 bridgehead atoms. The summed E-state index contributed by atoms with van der Waals surface area (Å²) in [5.74, 6) is -0.937. The van der Waals surface area contributed by atoms with Crippen molar-refractivity contribution in [3.05, 3.63) is 36.5 Å². The van der Waals surface area contributed by atoms with Crippen molar-refractivity contribution in [2.45, 2.75) is 70.8 Å². The van der Waals surface area contributed by atoms with Crippen LogP contribution in [0.2, 0.25) is 0 Å².